The van der Waals surface area contributed by atoms with E-state index >= 15 is 0 Å². The summed E-state index contributed by atoms with van der Waals surface area (Å²) < 4.78 is 0. The molecule has 2 nitrogen and oxygen atoms in total. The number of rotatable bonds is 3. The molecule has 2 N–H and O–H groups in total. The van der Waals surface area contributed by atoms with Crippen LogP contribution in [-0.4, -0.2) is 22.8 Å². The van der Waals surface area contributed by atoms with Gasteiger partial charge >= 0.3 is 0 Å². The Morgan fingerprint density at radius 1 is 1.50 bits per heavy atom. The van der Waals surface area contributed by atoms with Crippen LogP contribution in [0.1, 0.15) is 46.0 Å². The first-order chi connectivity index (χ1) is 6.61. The zero-order valence-electron chi connectivity index (χ0n) is 9.21. The van der Waals surface area contributed by atoms with Gasteiger partial charge in [-0.25, -0.2) is 0 Å². The Balaban J connectivity index is 2.53. The molecule has 0 radical (unpaired) electrons. The third kappa shape index (κ3) is 2.73. The zero-order valence-corrected chi connectivity index (χ0v) is 9.21. The molecule has 1 aliphatic rings. The standard InChI is InChI=1S/C12H21NO/c1-4-12(3,5-2)13-10-8-6-7-9-11(10)14/h1,10-11,13-14H,5-9H2,2-3H3/t10-,11-,12?/m0/s1. The highest BCUT2D eigenvalue weighted by Crippen LogP contribution is 2.21. The lowest BCUT2D eigenvalue weighted by molar-refractivity contribution is 0.0798. The van der Waals surface area contributed by atoms with Crippen molar-refractivity contribution in [1.82, 2.24) is 5.32 Å². The summed E-state index contributed by atoms with van der Waals surface area (Å²) in [5, 5.41) is 13.2. The predicted molar refractivity (Wildman–Crippen MR) is 58.9 cm³/mol. The van der Waals surface area contributed by atoms with Crippen molar-refractivity contribution in [2.45, 2.75) is 63.6 Å². The topological polar surface area (TPSA) is 32.3 Å². The Bertz CT molecular complexity index is 221. The van der Waals surface area contributed by atoms with Gasteiger partial charge in [-0.3, -0.25) is 5.32 Å². The molecule has 1 saturated carbocycles. The smallest absolute Gasteiger partial charge is 0.0770 e. The minimum Gasteiger partial charge on any atom is -0.392 e. The molecule has 0 aromatic heterocycles. The maximum atomic E-state index is 9.79. The van der Waals surface area contributed by atoms with Crippen molar-refractivity contribution in [2.24, 2.45) is 0 Å². The fourth-order valence-corrected chi connectivity index (χ4v) is 1.93. The highest BCUT2D eigenvalue weighted by Gasteiger charge is 2.29. The largest absolute Gasteiger partial charge is 0.392 e. The second-order valence-corrected chi connectivity index (χ2v) is 4.43. The average Bonchev–Trinajstić information content (AvgIpc) is 2.21. The summed E-state index contributed by atoms with van der Waals surface area (Å²) >= 11 is 0. The molecule has 3 atom stereocenters. The first kappa shape index (κ1) is 11.6. The van der Waals surface area contributed by atoms with E-state index in [0.717, 1.165) is 25.7 Å². The van der Waals surface area contributed by atoms with E-state index < -0.39 is 0 Å². The normalized spacial score (nSPS) is 31.9. The van der Waals surface area contributed by atoms with Crippen molar-refractivity contribution in [3.63, 3.8) is 0 Å². The van der Waals surface area contributed by atoms with Gasteiger partial charge < -0.3 is 5.11 Å². The molecule has 0 aromatic carbocycles. The third-order valence-electron chi connectivity index (χ3n) is 3.26. The SMILES string of the molecule is C#CC(C)(CC)N[C@H]1CCCC[C@@H]1O. The van der Waals surface area contributed by atoms with E-state index in [9.17, 15) is 5.11 Å². The van der Waals surface area contributed by atoms with Gasteiger partial charge in [-0.15, -0.1) is 6.42 Å². The summed E-state index contributed by atoms with van der Waals surface area (Å²) in [6.07, 6.45) is 10.4. The third-order valence-corrected chi connectivity index (χ3v) is 3.26. The highest BCUT2D eigenvalue weighted by atomic mass is 16.3. The van der Waals surface area contributed by atoms with E-state index in [-0.39, 0.29) is 17.7 Å². The molecule has 0 amide bonds. The van der Waals surface area contributed by atoms with Crippen molar-refractivity contribution < 1.29 is 5.11 Å². The zero-order chi connectivity index (χ0) is 10.6. The first-order valence-electron chi connectivity index (χ1n) is 5.55. The minimum absolute atomic E-state index is 0.185. The molecule has 0 heterocycles. The van der Waals surface area contributed by atoms with Gasteiger partial charge in [0, 0.05) is 6.04 Å². The molecule has 80 valence electrons. The van der Waals surface area contributed by atoms with E-state index in [1.54, 1.807) is 0 Å². The van der Waals surface area contributed by atoms with Gasteiger partial charge in [0.05, 0.1) is 11.6 Å². The van der Waals surface area contributed by atoms with Crippen LogP contribution >= 0.6 is 0 Å². The molecule has 1 rings (SSSR count). The Morgan fingerprint density at radius 2 is 2.14 bits per heavy atom. The minimum atomic E-state index is -0.261. The monoisotopic (exact) mass is 195 g/mol. The van der Waals surface area contributed by atoms with E-state index in [0.29, 0.717) is 0 Å². The van der Waals surface area contributed by atoms with Crippen molar-refractivity contribution in [1.29, 1.82) is 0 Å². The van der Waals surface area contributed by atoms with Crippen LogP contribution in [0.2, 0.25) is 0 Å². The van der Waals surface area contributed by atoms with Crippen molar-refractivity contribution in [3.05, 3.63) is 0 Å². The highest BCUT2D eigenvalue weighted by molar-refractivity contribution is 5.11. The van der Waals surface area contributed by atoms with Crippen LogP contribution in [0.4, 0.5) is 0 Å². The van der Waals surface area contributed by atoms with Gasteiger partial charge in [0.15, 0.2) is 0 Å². The number of nitrogens with one attached hydrogen (secondary N) is 1. The molecule has 0 aromatic rings. The molecule has 0 bridgehead atoms. The fraction of sp³-hybridized carbons (Fsp3) is 0.833. The van der Waals surface area contributed by atoms with Crippen LogP contribution in [0.25, 0.3) is 0 Å². The van der Waals surface area contributed by atoms with E-state index in [1.165, 1.54) is 6.42 Å². The Morgan fingerprint density at radius 3 is 2.64 bits per heavy atom. The maximum Gasteiger partial charge on any atom is 0.0770 e. The van der Waals surface area contributed by atoms with Crippen LogP contribution in [-0.2, 0) is 0 Å². The van der Waals surface area contributed by atoms with E-state index in [1.807, 2.05) is 6.92 Å². The van der Waals surface area contributed by atoms with Crippen LogP contribution in [0, 0.1) is 12.3 Å². The predicted octanol–water partition coefficient (Wildman–Crippen LogP) is 1.68. The molecule has 1 aliphatic carbocycles. The van der Waals surface area contributed by atoms with Crippen LogP contribution in [0.3, 0.4) is 0 Å². The maximum absolute atomic E-state index is 9.79. The second kappa shape index (κ2) is 4.82. The summed E-state index contributed by atoms with van der Waals surface area (Å²) in [5.74, 6) is 2.77. The van der Waals surface area contributed by atoms with Crippen LogP contribution in [0.5, 0.6) is 0 Å². The van der Waals surface area contributed by atoms with Gasteiger partial charge in [-0.2, -0.15) is 0 Å². The molecule has 14 heavy (non-hydrogen) atoms. The van der Waals surface area contributed by atoms with Crippen molar-refractivity contribution in [2.75, 3.05) is 0 Å². The summed E-state index contributed by atoms with van der Waals surface area (Å²) in [7, 11) is 0. The molecule has 0 spiro atoms. The molecule has 1 unspecified atom stereocenters. The molecule has 0 aliphatic heterocycles. The summed E-state index contributed by atoms with van der Waals surface area (Å²) in [4.78, 5) is 0. The lowest BCUT2D eigenvalue weighted by atomic mass is 9.89. The quantitative estimate of drug-likeness (QED) is 0.672. The summed E-state index contributed by atoms with van der Waals surface area (Å²) in [6, 6.07) is 0.185. The molecule has 1 fully saturated rings. The van der Waals surface area contributed by atoms with Gasteiger partial charge in [0.25, 0.3) is 0 Å². The van der Waals surface area contributed by atoms with Crippen molar-refractivity contribution >= 4 is 0 Å². The summed E-state index contributed by atoms with van der Waals surface area (Å²) in [5.41, 5.74) is -0.261. The fourth-order valence-electron chi connectivity index (χ4n) is 1.93. The lowest BCUT2D eigenvalue weighted by Crippen LogP contribution is -2.52. The Hall–Kier alpha value is -0.520. The van der Waals surface area contributed by atoms with Crippen LogP contribution in [0.15, 0.2) is 0 Å². The van der Waals surface area contributed by atoms with Gasteiger partial charge in [0.1, 0.15) is 0 Å². The molecule has 2 heteroatoms. The Kier molecular flexibility index (Phi) is 3.97. The van der Waals surface area contributed by atoms with Crippen molar-refractivity contribution in [3.8, 4) is 12.3 Å². The Labute approximate surface area is 87.1 Å². The average molecular weight is 195 g/mol. The lowest BCUT2D eigenvalue weighted by Gasteiger charge is -2.35. The van der Waals surface area contributed by atoms with Gasteiger partial charge in [-0.1, -0.05) is 25.7 Å². The molecule has 0 saturated heterocycles. The molecular weight excluding hydrogens is 174 g/mol. The van der Waals surface area contributed by atoms with Crippen LogP contribution < -0.4 is 5.32 Å². The molecular formula is C12H21NO. The summed E-state index contributed by atoms with van der Waals surface area (Å²) in [6.45, 7) is 4.09. The number of aliphatic hydroxyl groups is 1. The van der Waals surface area contributed by atoms with E-state index in [2.05, 4.69) is 18.2 Å². The second-order valence-electron chi connectivity index (χ2n) is 4.43. The number of hydrogen-bond donors (Lipinski definition) is 2. The number of terminal acetylenes is 1. The van der Waals surface area contributed by atoms with E-state index in [4.69, 9.17) is 6.42 Å². The number of aliphatic hydroxyl groups excluding tert-OH is 1. The van der Waals surface area contributed by atoms with Gasteiger partial charge in [-0.05, 0) is 26.2 Å². The first-order valence-corrected chi connectivity index (χ1v) is 5.55. The van der Waals surface area contributed by atoms with Gasteiger partial charge in [0.2, 0.25) is 0 Å². The number of hydrogen-bond acceptors (Lipinski definition) is 2.